The van der Waals surface area contributed by atoms with E-state index in [0.717, 1.165) is 24.3 Å². The quantitative estimate of drug-likeness (QED) is 0.612. The van der Waals surface area contributed by atoms with E-state index in [1.165, 1.54) is 5.56 Å². The molecule has 1 heterocycles. The number of rotatable bonds is 6. The third kappa shape index (κ3) is 3.33. The van der Waals surface area contributed by atoms with Crippen LogP contribution in [0.1, 0.15) is 24.1 Å². The lowest BCUT2D eigenvalue weighted by Gasteiger charge is -2.14. The Kier molecular flexibility index (Phi) is 4.54. The highest BCUT2D eigenvalue weighted by Crippen LogP contribution is 2.20. The number of methoxy groups -OCH3 is 1. The zero-order chi connectivity index (χ0) is 13.7. The number of aryl methyl sites for hydroxylation is 1. The lowest BCUT2D eigenvalue weighted by Crippen LogP contribution is -2.29. The van der Waals surface area contributed by atoms with E-state index in [0.29, 0.717) is 0 Å². The third-order valence-electron chi connectivity index (χ3n) is 3.15. The van der Waals surface area contributed by atoms with Gasteiger partial charge in [0.15, 0.2) is 0 Å². The van der Waals surface area contributed by atoms with Gasteiger partial charge >= 0.3 is 0 Å². The molecule has 0 amide bonds. The molecule has 5 heteroatoms. The van der Waals surface area contributed by atoms with E-state index >= 15 is 0 Å². The molecule has 2 aromatic rings. The predicted molar refractivity (Wildman–Crippen MR) is 74.7 cm³/mol. The largest absolute Gasteiger partial charge is 0.497 e. The fourth-order valence-electron chi connectivity index (χ4n) is 2.04. The number of benzene rings is 1. The second-order valence-electron chi connectivity index (χ2n) is 4.40. The number of nitrogens with one attached hydrogen (secondary N) is 1. The number of hydrogen-bond acceptors (Lipinski definition) is 4. The molecule has 0 fully saturated rings. The zero-order valence-electron chi connectivity index (χ0n) is 11.3. The zero-order valence-corrected chi connectivity index (χ0v) is 11.3. The number of hydrazine groups is 1. The lowest BCUT2D eigenvalue weighted by atomic mass is 10.0. The molecule has 0 aliphatic rings. The monoisotopic (exact) mass is 260 g/mol. The molecule has 1 unspecified atom stereocenters. The number of nitrogens with zero attached hydrogens (tertiary/aromatic N) is 2. The molecular formula is C14H20N4O. The first-order valence-corrected chi connectivity index (χ1v) is 6.38. The standard InChI is InChI=1S/C14H20N4O/c1-3-18-10-12(9-16-18)14(17-15)8-11-5-4-6-13(7-11)19-2/h4-7,9-10,14,17H,3,8,15H2,1-2H3. The first kappa shape index (κ1) is 13.6. The van der Waals surface area contributed by atoms with Crippen molar-refractivity contribution in [1.82, 2.24) is 15.2 Å². The van der Waals surface area contributed by atoms with Crippen molar-refractivity contribution in [2.24, 2.45) is 5.84 Å². The smallest absolute Gasteiger partial charge is 0.119 e. The maximum atomic E-state index is 5.66. The van der Waals surface area contributed by atoms with Crippen LogP contribution in [-0.4, -0.2) is 16.9 Å². The van der Waals surface area contributed by atoms with Gasteiger partial charge in [-0.1, -0.05) is 12.1 Å². The van der Waals surface area contributed by atoms with E-state index in [4.69, 9.17) is 10.6 Å². The maximum absolute atomic E-state index is 5.66. The Hall–Kier alpha value is -1.85. The number of aromatic nitrogens is 2. The molecule has 3 N–H and O–H groups in total. The van der Waals surface area contributed by atoms with Crippen LogP contribution in [0.25, 0.3) is 0 Å². The summed E-state index contributed by atoms with van der Waals surface area (Å²) < 4.78 is 7.12. The van der Waals surface area contributed by atoms with Crippen LogP contribution in [0, 0.1) is 0 Å². The number of nitrogens with two attached hydrogens (primary N) is 1. The number of ether oxygens (including phenoxy) is 1. The van der Waals surface area contributed by atoms with Gasteiger partial charge in [0.2, 0.25) is 0 Å². The van der Waals surface area contributed by atoms with Crippen LogP contribution in [0.3, 0.4) is 0 Å². The molecule has 0 spiro atoms. The van der Waals surface area contributed by atoms with E-state index in [-0.39, 0.29) is 6.04 Å². The van der Waals surface area contributed by atoms with Crippen molar-refractivity contribution in [3.8, 4) is 5.75 Å². The Morgan fingerprint density at radius 1 is 1.47 bits per heavy atom. The van der Waals surface area contributed by atoms with Gasteiger partial charge in [0.1, 0.15) is 5.75 Å². The van der Waals surface area contributed by atoms with Crippen LogP contribution in [0.2, 0.25) is 0 Å². The summed E-state index contributed by atoms with van der Waals surface area (Å²) in [6.07, 6.45) is 4.67. The first-order chi connectivity index (χ1) is 9.26. The molecule has 0 aliphatic carbocycles. The second-order valence-corrected chi connectivity index (χ2v) is 4.40. The van der Waals surface area contributed by atoms with Crippen molar-refractivity contribution < 1.29 is 4.74 Å². The van der Waals surface area contributed by atoms with Crippen LogP contribution in [0.4, 0.5) is 0 Å². The third-order valence-corrected chi connectivity index (χ3v) is 3.15. The summed E-state index contributed by atoms with van der Waals surface area (Å²) in [4.78, 5) is 0. The highest BCUT2D eigenvalue weighted by Gasteiger charge is 2.13. The topological polar surface area (TPSA) is 65.1 Å². The van der Waals surface area contributed by atoms with E-state index in [2.05, 4.69) is 23.5 Å². The molecule has 0 aliphatic heterocycles. The van der Waals surface area contributed by atoms with Crippen LogP contribution >= 0.6 is 0 Å². The SMILES string of the molecule is CCn1cc(C(Cc2cccc(OC)c2)NN)cn1. The van der Waals surface area contributed by atoms with Gasteiger partial charge in [0.25, 0.3) is 0 Å². The molecule has 0 saturated heterocycles. The van der Waals surface area contributed by atoms with Gasteiger partial charge < -0.3 is 4.74 Å². The Labute approximate surface area is 113 Å². The van der Waals surface area contributed by atoms with Gasteiger partial charge in [0, 0.05) is 18.3 Å². The average molecular weight is 260 g/mol. The molecule has 5 nitrogen and oxygen atoms in total. The van der Waals surface area contributed by atoms with Crippen LogP contribution in [0.15, 0.2) is 36.7 Å². The fourth-order valence-corrected chi connectivity index (χ4v) is 2.04. The predicted octanol–water partition coefficient (Wildman–Crippen LogP) is 1.66. The molecule has 1 atom stereocenters. The molecule has 19 heavy (non-hydrogen) atoms. The molecule has 0 radical (unpaired) electrons. The Morgan fingerprint density at radius 3 is 2.95 bits per heavy atom. The van der Waals surface area contributed by atoms with Crippen LogP contribution in [0.5, 0.6) is 5.75 Å². The summed E-state index contributed by atoms with van der Waals surface area (Å²) >= 11 is 0. The van der Waals surface area contributed by atoms with Gasteiger partial charge in [-0.3, -0.25) is 16.0 Å². The summed E-state index contributed by atoms with van der Waals surface area (Å²) in [7, 11) is 1.67. The van der Waals surface area contributed by atoms with Gasteiger partial charge in [-0.25, -0.2) is 0 Å². The Bertz CT molecular complexity index is 524. The summed E-state index contributed by atoms with van der Waals surface area (Å²) in [6.45, 7) is 2.92. The van der Waals surface area contributed by atoms with Crippen molar-refractivity contribution in [2.75, 3.05) is 7.11 Å². The molecule has 0 bridgehead atoms. The minimum atomic E-state index is 0.0485. The minimum absolute atomic E-state index is 0.0485. The molecular weight excluding hydrogens is 240 g/mol. The van der Waals surface area contributed by atoms with Gasteiger partial charge in [0.05, 0.1) is 19.3 Å². The van der Waals surface area contributed by atoms with Crippen LogP contribution in [-0.2, 0) is 13.0 Å². The van der Waals surface area contributed by atoms with Crippen molar-refractivity contribution in [2.45, 2.75) is 25.9 Å². The van der Waals surface area contributed by atoms with Crippen molar-refractivity contribution >= 4 is 0 Å². The van der Waals surface area contributed by atoms with E-state index < -0.39 is 0 Å². The number of hydrogen-bond donors (Lipinski definition) is 2. The summed E-state index contributed by atoms with van der Waals surface area (Å²) in [5.74, 6) is 6.51. The minimum Gasteiger partial charge on any atom is -0.497 e. The molecule has 102 valence electrons. The van der Waals surface area contributed by atoms with Gasteiger partial charge in [-0.2, -0.15) is 5.10 Å². The Morgan fingerprint density at radius 2 is 2.32 bits per heavy atom. The molecule has 1 aromatic carbocycles. The fraction of sp³-hybridized carbons (Fsp3) is 0.357. The van der Waals surface area contributed by atoms with E-state index in [1.807, 2.05) is 35.3 Å². The summed E-state index contributed by atoms with van der Waals surface area (Å²) in [6, 6.07) is 8.05. The van der Waals surface area contributed by atoms with E-state index in [9.17, 15) is 0 Å². The lowest BCUT2D eigenvalue weighted by molar-refractivity contribution is 0.414. The molecule has 1 aromatic heterocycles. The Balaban J connectivity index is 2.13. The van der Waals surface area contributed by atoms with Gasteiger partial charge in [-0.05, 0) is 31.0 Å². The normalized spacial score (nSPS) is 12.4. The summed E-state index contributed by atoms with van der Waals surface area (Å²) in [5, 5.41) is 4.28. The average Bonchev–Trinajstić information content (AvgIpc) is 2.93. The van der Waals surface area contributed by atoms with Crippen molar-refractivity contribution in [1.29, 1.82) is 0 Å². The summed E-state index contributed by atoms with van der Waals surface area (Å²) in [5.41, 5.74) is 5.11. The van der Waals surface area contributed by atoms with Gasteiger partial charge in [-0.15, -0.1) is 0 Å². The highest BCUT2D eigenvalue weighted by molar-refractivity contribution is 5.30. The van der Waals surface area contributed by atoms with Crippen LogP contribution < -0.4 is 16.0 Å². The highest BCUT2D eigenvalue weighted by atomic mass is 16.5. The molecule has 0 saturated carbocycles. The van der Waals surface area contributed by atoms with E-state index in [1.54, 1.807) is 7.11 Å². The maximum Gasteiger partial charge on any atom is 0.119 e. The van der Waals surface area contributed by atoms with Crippen molar-refractivity contribution in [3.63, 3.8) is 0 Å². The first-order valence-electron chi connectivity index (χ1n) is 6.38. The van der Waals surface area contributed by atoms with Crippen molar-refractivity contribution in [3.05, 3.63) is 47.8 Å². The second kappa shape index (κ2) is 6.36. The molecule has 2 rings (SSSR count).